The van der Waals surface area contributed by atoms with Gasteiger partial charge in [0, 0.05) is 24.9 Å². The van der Waals surface area contributed by atoms with Crippen LogP contribution < -0.4 is 5.43 Å². The van der Waals surface area contributed by atoms with E-state index in [-0.39, 0.29) is 7.92 Å². The van der Waals surface area contributed by atoms with Crippen LogP contribution in [0.4, 0.5) is 0 Å². The second-order valence-corrected chi connectivity index (χ2v) is 12.8. The van der Waals surface area contributed by atoms with Gasteiger partial charge in [0.25, 0.3) is 0 Å². The smallest absolute Gasteiger partial charge is 0.0632 e. The summed E-state index contributed by atoms with van der Waals surface area (Å²) in [4.78, 5) is 0. The molecule has 0 amide bonds. The number of rotatable bonds is 11. The van der Waals surface area contributed by atoms with Crippen LogP contribution in [-0.4, -0.2) is 60.2 Å². The Morgan fingerprint density at radius 3 is 2.56 bits per heavy atom. The molecule has 1 saturated heterocycles. The zero-order valence-corrected chi connectivity index (χ0v) is 20.2. The number of allylic oxidation sites excluding steroid dienone is 2. The first-order valence-corrected chi connectivity index (χ1v) is 13.4. The zero-order chi connectivity index (χ0) is 20.0. The quantitative estimate of drug-likeness (QED) is 0.445. The topological polar surface area (TPSA) is 24.5 Å². The minimum atomic E-state index is -0.0973. The van der Waals surface area contributed by atoms with Gasteiger partial charge < -0.3 is 4.74 Å². The van der Waals surface area contributed by atoms with Crippen LogP contribution in [0.5, 0.6) is 0 Å². The molecule has 0 aromatic heterocycles. The van der Waals surface area contributed by atoms with E-state index < -0.39 is 0 Å². The van der Waals surface area contributed by atoms with Crippen molar-refractivity contribution >= 4 is 19.7 Å². The predicted molar refractivity (Wildman–Crippen MR) is 124 cm³/mol. The van der Waals surface area contributed by atoms with Crippen LogP contribution in [0.25, 0.3) is 0 Å². The molecule has 1 N–H and O–H groups in total. The largest absolute Gasteiger partial charge is 0.383 e. The predicted octanol–water partition coefficient (Wildman–Crippen LogP) is 5.62. The van der Waals surface area contributed by atoms with Gasteiger partial charge in [-0.05, 0) is 54.1 Å². The molecule has 3 nitrogen and oxygen atoms in total. The summed E-state index contributed by atoms with van der Waals surface area (Å²) in [5.74, 6) is 0. The molecule has 2 aliphatic rings. The fraction of sp³-hybridized carbons (Fsp3) is 0.818. The highest BCUT2D eigenvalue weighted by atomic mass is 32.2. The highest BCUT2D eigenvalue weighted by Crippen LogP contribution is 2.58. The monoisotopic (exact) mass is 412 g/mol. The summed E-state index contributed by atoms with van der Waals surface area (Å²) in [7, 11) is 1.73. The molecule has 2 rings (SSSR count). The number of ether oxygens (including phenoxy) is 1. The van der Waals surface area contributed by atoms with E-state index in [1.165, 1.54) is 19.3 Å². The van der Waals surface area contributed by atoms with Crippen LogP contribution in [-0.2, 0) is 4.74 Å². The maximum absolute atomic E-state index is 5.49. The normalized spacial score (nSPS) is 23.4. The molecule has 1 fully saturated rings. The standard InChI is InChI=1S/C22H41N2OPS/c1-8-21(27-7)22(23-24-14-10-11-18(24)15-25-6)19-12-9-13-20(19)26(16(2)3)17(4)5/h9,12,16-18,21-23H,8,10-11,13-15H2,1-7H3. The maximum Gasteiger partial charge on any atom is 0.0632 e. The number of hydrogen-bond donors (Lipinski definition) is 1. The molecule has 0 spiro atoms. The van der Waals surface area contributed by atoms with E-state index in [1.54, 1.807) is 10.9 Å². The third-order valence-electron chi connectivity index (χ3n) is 5.82. The molecule has 0 saturated carbocycles. The second-order valence-electron chi connectivity index (χ2n) is 8.34. The van der Waals surface area contributed by atoms with Crippen LogP contribution in [0.2, 0.25) is 0 Å². The zero-order valence-electron chi connectivity index (χ0n) is 18.5. The highest BCUT2D eigenvalue weighted by molar-refractivity contribution is 7.99. The van der Waals surface area contributed by atoms with Gasteiger partial charge in [0.05, 0.1) is 12.6 Å². The Bertz CT molecular complexity index is 508. The number of nitrogens with zero attached hydrogens (tertiary/aromatic N) is 1. The molecule has 156 valence electrons. The summed E-state index contributed by atoms with van der Waals surface area (Å²) in [6, 6.07) is 0.904. The van der Waals surface area contributed by atoms with Crippen molar-refractivity contribution < 1.29 is 4.74 Å². The molecule has 3 unspecified atom stereocenters. The number of methoxy groups -OCH3 is 1. The van der Waals surface area contributed by atoms with Crippen LogP contribution >= 0.6 is 19.7 Å². The molecular weight excluding hydrogens is 371 g/mol. The lowest BCUT2D eigenvalue weighted by molar-refractivity contribution is 0.0751. The Balaban J connectivity index is 2.34. The SMILES string of the molecule is CCC(SC)C(NN1CCCC1COC)C1=C(P(C(C)C)C(C)C)CC=C1. The third-order valence-corrected chi connectivity index (χ3v) is 10.3. The Morgan fingerprint density at radius 2 is 2.00 bits per heavy atom. The molecule has 3 atom stereocenters. The van der Waals surface area contributed by atoms with E-state index >= 15 is 0 Å². The Labute approximate surface area is 173 Å². The molecule has 1 aliphatic heterocycles. The average molecular weight is 413 g/mol. The van der Waals surface area contributed by atoms with Crippen molar-refractivity contribution in [2.45, 2.75) is 89.0 Å². The summed E-state index contributed by atoms with van der Waals surface area (Å²) in [6.45, 7) is 13.9. The first kappa shape index (κ1) is 23.4. The van der Waals surface area contributed by atoms with Crippen molar-refractivity contribution in [3.8, 4) is 0 Å². The van der Waals surface area contributed by atoms with Gasteiger partial charge in [0.15, 0.2) is 0 Å². The molecule has 5 heteroatoms. The molecule has 1 aliphatic carbocycles. The number of thioether (sulfide) groups is 1. The fourth-order valence-electron chi connectivity index (χ4n) is 4.71. The highest BCUT2D eigenvalue weighted by Gasteiger charge is 2.34. The third kappa shape index (κ3) is 5.82. The minimum Gasteiger partial charge on any atom is -0.383 e. The first-order valence-electron chi connectivity index (χ1n) is 10.7. The van der Waals surface area contributed by atoms with E-state index in [4.69, 9.17) is 4.74 Å². The van der Waals surface area contributed by atoms with E-state index in [9.17, 15) is 0 Å². The Hall–Kier alpha value is 0.140. The van der Waals surface area contributed by atoms with E-state index in [0.29, 0.717) is 17.3 Å². The van der Waals surface area contributed by atoms with Crippen LogP contribution in [0, 0.1) is 0 Å². The summed E-state index contributed by atoms with van der Waals surface area (Å²) in [5, 5.41) is 4.82. The lowest BCUT2D eigenvalue weighted by Gasteiger charge is -2.37. The van der Waals surface area contributed by atoms with Crippen molar-refractivity contribution in [1.82, 2.24) is 10.4 Å². The van der Waals surface area contributed by atoms with Crippen molar-refractivity contribution in [3.05, 3.63) is 23.0 Å². The maximum atomic E-state index is 5.49. The van der Waals surface area contributed by atoms with Gasteiger partial charge in [-0.25, -0.2) is 10.4 Å². The van der Waals surface area contributed by atoms with Gasteiger partial charge in [0.1, 0.15) is 0 Å². The Kier molecular flexibility index (Phi) is 9.85. The van der Waals surface area contributed by atoms with Gasteiger partial charge >= 0.3 is 0 Å². The summed E-state index contributed by atoms with van der Waals surface area (Å²) in [5.41, 5.74) is 7.07. The average Bonchev–Trinajstić information content (AvgIpc) is 3.24. The fourth-order valence-corrected chi connectivity index (χ4v) is 8.79. The first-order chi connectivity index (χ1) is 12.9. The van der Waals surface area contributed by atoms with Gasteiger partial charge in [-0.1, -0.05) is 54.7 Å². The van der Waals surface area contributed by atoms with Gasteiger partial charge in [-0.3, -0.25) is 0 Å². The second kappa shape index (κ2) is 11.4. The number of hydrogen-bond acceptors (Lipinski definition) is 4. The molecule has 0 aromatic rings. The van der Waals surface area contributed by atoms with Crippen LogP contribution in [0.15, 0.2) is 23.0 Å². The number of nitrogens with one attached hydrogen (secondary N) is 1. The van der Waals surface area contributed by atoms with E-state index in [1.807, 2.05) is 18.9 Å². The molecule has 0 bridgehead atoms. The Morgan fingerprint density at radius 1 is 1.30 bits per heavy atom. The number of hydrazine groups is 1. The summed E-state index contributed by atoms with van der Waals surface area (Å²) >= 11 is 2.01. The van der Waals surface area contributed by atoms with Gasteiger partial charge in [-0.15, -0.1) is 0 Å². The van der Waals surface area contributed by atoms with Crippen molar-refractivity contribution in [1.29, 1.82) is 0 Å². The van der Waals surface area contributed by atoms with Gasteiger partial charge in [0.2, 0.25) is 0 Å². The summed E-state index contributed by atoms with van der Waals surface area (Å²) in [6.07, 6.45) is 11.9. The van der Waals surface area contributed by atoms with E-state index in [0.717, 1.165) is 30.9 Å². The van der Waals surface area contributed by atoms with E-state index in [2.05, 4.69) is 63.5 Å². The summed E-state index contributed by atoms with van der Waals surface area (Å²) < 4.78 is 5.49. The molecule has 0 aromatic carbocycles. The molecule has 1 heterocycles. The van der Waals surface area contributed by atoms with Crippen LogP contribution in [0.1, 0.15) is 60.3 Å². The minimum absolute atomic E-state index is 0.0973. The van der Waals surface area contributed by atoms with Crippen molar-refractivity contribution in [2.75, 3.05) is 26.5 Å². The molecule has 27 heavy (non-hydrogen) atoms. The van der Waals surface area contributed by atoms with Crippen molar-refractivity contribution in [3.63, 3.8) is 0 Å². The lowest BCUT2D eigenvalue weighted by Crippen LogP contribution is -2.52. The molecule has 0 radical (unpaired) electrons. The molecular formula is C22H41N2OPS. The van der Waals surface area contributed by atoms with Gasteiger partial charge in [-0.2, -0.15) is 11.8 Å². The van der Waals surface area contributed by atoms with Crippen LogP contribution in [0.3, 0.4) is 0 Å². The lowest BCUT2D eigenvalue weighted by atomic mass is 10.0. The van der Waals surface area contributed by atoms with Crippen molar-refractivity contribution in [2.24, 2.45) is 0 Å².